The van der Waals surface area contributed by atoms with Gasteiger partial charge in [-0.05, 0) is 87.9 Å². The third-order valence-corrected chi connectivity index (χ3v) is 6.43. The van der Waals surface area contributed by atoms with Crippen LogP contribution in [0.2, 0.25) is 0 Å². The van der Waals surface area contributed by atoms with Crippen molar-refractivity contribution in [3.63, 3.8) is 0 Å². The minimum Gasteiger partial charge on any atom is -0.462 e. The van der Waals surface area contributed by atoms with E-state index in [1.807, 2.05) is 0 Å². The van der Waals surface area contributed by atoms with Crippen molar-refractivity contribution in [2.24, 2.45) is 11.8 Å². The fourth-order valence-electron chi connectivity index (χ4n) is 4.56. The molecule has 129 valence electrons. The second-order valence-electron chi connectivity index (χ2n) is 8.28. The summed E-state index contributed by atoms with van der Waals surface area (Å²) in [7, 11) is 0. The molecule has 3 rings (SSSR count). The molecule has 3 saturated carbocycles. The van der Waals surface area contributed by atoms with E-state index in [0.29, 0.717) is 0 Å². The van der Waals surface area contributed by atoms with E-state index in [-0.39, 0.29) is 12.1 Å². The lowest BCUT2D eigenvalue weighted by Crippen LogP contribution is -2.30. The zero-order valence-corrected chi connectivity index (χ0v) is 15.0. The molecule has 0 amide bonds. The maximum Gasteiger partial charge on any atom is 0.313 e. The van der Waals surface area contributed by atoms with Crippen molar-refractivity contribution in [2.75, 3.05) is 0 Å². The molecule has 23 heavy (non-hydrogen) atoms. The van der Waals surface area contributed by atoms with Crippen LogP contribution in [0.25, 0.3) is 0 Å². The van der Waals surface area contributed by atoms with Gasteiger partial charge in [-0.3, -0.25) is 4.79 Å². The molecular formula is C21H33O2. The fraction of sp³-hybridized carbons (Fsp3) is 0.810. The summed E-state index contributed by atoms with van der Waals surface area (Å²) < 4.78 is 5.78. The average molecular weight is 317 g/mol. The lowest BCUT2D eigenvalue weighted by Gasteiger charge is -2.36. The van der Waals surface area contributed by atoms with Crippen LogP contribution in [0.15, 0.2) is 0 Å². The number of rotatable bonds is 3. The van der Waals surface area contributed by atoms with Crippen molar-refractivity contribution >= 4 is 5.97 Å². The lowest BCUT2D eigenvalue weighted by molar-refractivity contribution is -0.148. The summed E-state index contributed by atoms with van der Waals surface area (Å²) in [6.07, 6.45) is 14.2. The fourth-order valence-corrected chi connectivity index (χ4v) is 4.56. The molecule has 3 fully saturated rings. The SMILES string of the molecule is C[C]1CCC(OC(=O)[C]2CCC([C]3CCC(C)CC3)CC2)CC1. The number of hydrogen-bond acceptors (Lipinski definition) is 2. The van der Waals surface area contributed by atoms with Gasteiger partial charge in [-0.2, -0.15) is 0 Å². The third kappa shape index (κ3) is 4.73. The topological polar surface area (TPSA) is 26.3 Å². The van der Waals surface area contributed by atoms with E-state index in [4.69, 9.17) is 4.74 Å². The van der Waals surface area contributed by atoms with Gasteiger partial charge in [0, 0.05) is 0 Å². The van der Waals surface area contributed by atoms with Gasteiger partial charge in [0.15, 0.2) is 0 Å². The van der Waals surface area contributed by atoms with Crippen LogP contribution in [-0.2, 0) is 9.53 Å². The van der Waals surface area contributed by atoms with Crippen molar-refractivity contribution in [2.45, 2.75) is 97.0 Å². The van der Waals surface area contributed by atoms with E-state index >= 15 is 0 Å². The molecule has 0 aromatic heterocycles. The molecule has 0 bridgehead atoms. The summed E-state index contributed by atoms with van der Waals surface area (Å²) in [6, 6.07) is 0. The van der Waals surface area contributed by atoms with E-state index in [1.54, 1.807) is 11.8 Å². The molecule has 0 atom stereocenters. The van der Waals surface area contributed by atoms with Crippen LogP contribution < -0.4 is 0 Å². The molecule has 0 N–H and O–H groups in total. The first-order chi connectivity index (χ1) is 11.1. The highest BCUT2D eigenvalue weighted by molar-refractivity contribution is 5.84. The van der Waals surface area contributed by atoms with Gasteiger partial charge in [0.25, 0.3) is 0 Å². The molecular weight excluding hydrogens is 284 g/mol. The molecule has 3 radical (unpaired) electrons. The molecule has 0 aromatic carbocycles. The van der Waals surface area contributed by atoms with Gasteiger partial charge in [0.05, 0.1) is 5.92 Å². The minimum atomic E-state index is 0.0234. The van der Waals surface area contributed by atoms with Crippen molar-refractivity contribution in [3.8, 4) is 0 Å². The maximum atomic E-state index is 12.4. The smallest absolute Gasteiger partial charge is 0.313 e. The van der Waals surface area contributed by atoms with Crippen LogP contribution >= 0.6 is 0 Å². The Morgan fingerprint density at radius 2 is 1.48 bits per heavy atom. The standard InChI is InChI=1S/C21H33O2/c1-15-3-7-17(8-4-15)18-9-11-19(12-10-18)21(22)23-20-13-5-16(2)6-14-20/h15,18,20H,3-14H2,1-2H3. The predicted molar refractivity (Wildman–Crippen MR) is 93.3 cm³/mol. The molecule has 0 spiro atoms. The van der Waals surface area contributed by atoms with Gasteiger partial charge < -0.3 is 4.74 Å². The van der Waals surface area contributed by atoms with Gasteiger partial charge in [0.2, 0.25) is 0 Å². The highest BCUT2D eigenvalue weighted by Crippen LogP contribution is 2.43. The van der Waals surface area contributed by atoms with E-state index < -0.39 is 0 Å². The number of ether oxygens (including phenoxy) is 1. The second kappa shape index (κ2) is 8.03. The molecule has 2 nitrogen and oxygen atoms in total. The van der Waals surface area contributed by atoms with Gasteiger partial charge in [0.1, 0.15) is 6.10 Å². The molecule has 3 aliphatic carbocycles. The van der Waals surface area contributed by atoms with Crippen LogP contribution in [0, 0.1) is 29.6 Å². The van der Waals surface area contributed by atoms with Crippen molar-refractivity contribution in [1.82, 2.24) is 0 Å². The number of esters is 1. The predicted octanol–water partition coefficient (Wildman–Crippen LogP) is 5.62. The summed E-state index contributed by atoms with van der Waals surface area (Å²) >= 11 is 0. The van der Waals surface area contributed by atoms with Gasteiger partial charge in [-0.1, -0.05) is 26.7 Å². The molecule has 0 saturated heterocycles. The Morgan fingerprint density at radius 3 is 2.09 bits per heavy atom. The number of carbonyl (C=O) groups excluding carboxylic acids is 1. The molecule has 0 heterocycles. The quantitative estimate of drug-likeness (QED) is 0.632. The van der Waals surface area contributed by atoms with Gasteiger partial charge >= 0.3 is 5.97 Å². The van der Waals surface area contributed by atoms with Gasteiger partial charge in [-0.25, -0.2) is 0 Å². The van der Waals surface area contributed by atoms with Crippen LogP contribution in [0.4, 0.5) is 0 Å². The lowest BCUT2D eigenvalue weighted by atomic mass is 9.69. The molecule has 3 aliphatic rings. The van der Waals surface area contributed by atoms with Crippen LogP contribution in [-0.4, -0.2) is 12.1 Å². The zero-order valence-electron chi connectivity index (χ0n) is 15.0. The first-order valence-electron chi connectivity index (χ1n) is 9.83. The van der Waals surface area contributed by atoms with E-state index in [0.717, 1.165) is 56.3 Å². The van der Waals surface area contributed by atoms with Crippen molar-refractivity contribution < 1.29 is 9.53 Å². The molecule has 0 aromatic rings. The van der Waals surface area contributed by atoms with E-state index in [9.17, 15) is 4.79 Å². The maximum absolute atomic E-state index is 12.4. The summed E-state index contributed by atoms with van der Waals surface area (Å²) in [5.41, 5.74) is 0. The Kier molecular flexibility index (Phi) is 6.04. The second-order valence-corrected chi connectivity index (χ2v) is 8.28. The van der Waals surface area contributed by atoms with Crippen LogP contribution in [0.5, 0.6) is 0 Å². The van der Waals surface area contributed by atoms with Crippen molar-refractivity contribution in [3.05, 3.63) is 17.8 Å². The van der Waals surface area contributed by atoms with Crippen molar-refractivity contribution in [1.29, 1.82) is 0 Å². The summed E-state index contributed by atoms with van der Waals surface area (Å²) in [4.78, 5) is 12.4. The van der Waals surface area contributed by atoms with Gasteiger partial charge in [-0.15, -0.1) is 0 Å². The highest BCUT2D eigenvalue weighted by Gasteiger charge is 2.34. The summed E-state index contributed by atoms with van der Waals surface area (Å²) in [5, 5.41) is 0. The monoisotopic (exact) mass is 317 g/mol. The average Bonchev–Trinajstić information content (AvgIpc) is 2.58. The minimum absolute atomic E-state index is 0.0234. The Hall–Kier alpha value is -0.530. The van der Waals surface area contributed by atoms with Crippen LogP contribution in [0.1, 0.15) is 90.9 Å². The number of hydrogen-bond donors (Lipinski definition) is 0. The zero-order chi connectivity index (χ0) is 16.2. The molecule has 0 aliphatic heterocycles. The Balaban J connectivity index is 1.39. The Labute approximate surface area is 142 Å². The van der Waals surface area contributed by atoms with E-state index in [2.05, 4.69) is 13.8 Å². The number of carbonyl (C=O) groups is 1. The molecule has 0 unspecified atom stereocenters. The highest BCUT2D eigenvalue weighted by atomic mass is 16.5. The molecule has 2 heteroatoms. The first-order valence-corrected chi connectivity index (χ1v) is 9.83. The third-order valence-electron chi connectivity index (χ3n) is 6.43. The Morgan fingerprint density at radius 1 is 0.870 bits per heavy atom. The summed E-state index contributed by atoms with van der Waals surface area (Å²) in [5.74, 6) is 6.15. The van der Waals surface area contributed by atoms with Crippen LogP contribution in [0.3, 0.4) is 0 Å². The largest absolute Gasteiger partial charge is 0.462 e. The van der Waals surface area contributed by atoms with E-state index in [1.165, 1.54) is 38.5 Å². The summed E-state index contributed by atoms with van der Waals surface area (Å²) in [6.45, 7) is 4.60. The Bertz CT molecular complexity index is 367. The normalized spacial score (nSPS) is 28.1. The first kappa shape index (κ1) is 17.3.